The lowest BCUT2D eigenvalue weighted by atomic mass is 9.95. The van der Waals surface area contributed by atoms with Gasteiger partial charge < -0.3 is 10.5 Å². The van der Waals surface area contributed by atoms with Gasteiger partial charge in [0, 0.05) is 25.9 Å². The maximum Gasteiger partial charge on any atom is 0.0724 e. The van der Waals surface area contributed by atoms with Gasteiger partial charge in [0.05, 0.1) is 6.10 Å². The molecular weight excluding hydrogens is 224 g/mol. The molecule has 1 saturated heterocycles. The smallest absolute Gasteiger partial charge is 0.0724 e. The first-order chi connectivity index (χ1) is 8.61. The van der Waals surface area contributed by atoms with Crippen molar-refractivity contribution in [3.8, 4) is 0 Å². The highest BCUT2D eigenvalue weighted by molar-refractivity contribution is 5.49. The van der Waals surface area contributed by atoms with Gasteiger partial charge in [0.25, 0.3) is 0 Å². The second-order valence-electron chi connectivity index (χ2n) is 5.41. The van der Waals surface area contributed by atoms with Crippen molar-refractivity contribution in [3.05, 3.63) is 29.3 Å². The largest absolute Gasteiger partial charge is 0.399 e. The van der Waals surface area contributed by atoms with Gasteiger partial charge >= 0.3 is 0 Å². The van der Waals surface area contributed by atoms with Crippen LogP contribution in [0.5, 0.6) is 0 Å². The van der Waals surface area contributed by atoms with Crippen molar-refractivity contribution in [1.82, 2.24) is 4.90 Å². The van der Waals surface area contributed by atoms with Crippen molar-refractivity contribution in [2.24, 2.45) is 5.92 Å². The van der Waals surface area contributed by atoms with Crippen LogP contribution < -0.4 is 5.73 Å². The van der Waals surface area contributed by atoms with Crippen molar-refractivity contribution in [2.45, 2.75) is 32.9 Å². The average Bonchev–Trinajstić information content (AvgIpc) is 2.37. The van der Waals surface area contributed by atoms with Gasteiger partial charge in [0.2, 0.25) is 0 Å². The summed E-state index contributed by atoms with van der Waals surface area (Å²) in [5.74, 6) is 0.660. The van der Waals surface area contributed by atoms with E-state index in [0.29, 0.717) is 12.0 Å². The second-order valence-corrected chi connectivity index (χ2v) is 5.41. The van der Waals surface area contributed by atoms with E-state index in [1.54, 1.807) is 0 Å². The highest BCUT2D eigenvalue weighted by Crippen LogP contribution is 2.23. The lowest BCUT2D eigenvalue weighted by Crippen LogP contribution is -2.43. The summed E-state index contributed by atoms with van der Waals surface area (Å²) in [6.45, 7) is 7.52. The Bertz CT molecular complexity index is 405. The minimum absolute atomic E-state index is 0.361. The molecule has 18 heavy (non-hydrogen) atoms. The van der Waals surface area contributed by atoms with Crippen molar-refractivity contribution in [2.75, 3.05) is 25.9 Å². The number of nitrogens with zero attached hydrogens (tertiary/aromatic N) is 1. The molecule has 100 valence electrons. The molecule has 2 atom stereocenters. The van der Waals surface area contributed by atoms with Crippen LogP contribution >= 0.6 is 0 Å². The first-order valence-electron chi connectivity index (χ1n) is 6.71. The predicted octanol–water partition coefficient (Wildman–Crippen LogP) is 2.43. The van der Waals surface area contributed by atoms with Crippen LogP contribution in [0, 0.1) is 12.8 Å². The predicted molar refractivity (Wildman–Crippen MR) is 75.4 cm³/mol. The van der Waals surface area contributed by atoms with E-state index >= 15 is 0 Å². The molecule has 0 radical (unpaired) electrons. The maximum absolute atomic E-state index is 5.96. The zero-order valence-corrected chi connectivity index (χ0v) is 11.6. The molecule has 2 N–H and O–H groups in total. The number of likely N-dealkylation sites (tertiary alicyclic amines) is 1. The van der Waals surface area contributed by atoms with Crippen molar-refractivity contribution >= 4 is 5.69 Å². The Morgan fingerprint density at radius 3 is 2.94 bits per heavy atom. The van der Waals surface area contributed by atoms with Gasteiger partial charge in [-0.15, -0.1) is 0 Å². The monoisotopic (exact) mass is 248 g/mol. The summed E-state index contributed by atoms with van der Waals surface area (Å²) in [5.41, 5.74) is 9.39. The number of nitrogens with two attached hydrogens (primary N) is 1. The fourth-order valence-corrected chi connectivity index (χ4v) is 2.66. The van der Waals surface area contributed by atoms with Crippen LogP contribution in [0.15, 0.2) is 18.2 Å². The molecule has 0 aromatic heterocycles. The van der Waals surface area contributed by atoms with Crippen LogP contribution in [-0.2, 0) is 11.3 Å². The van der Waals surface area contributed by atoms with E-state index in [1.165, 1.54) is 17.5 Å². The van der Waals surface area contributed by atoms with Crippen LogP contribution in [0.25, 0.3) is 0 Å². The number of methoxy groups -OCH3 is 1. The Labute approximate surface area is 110 Å². The highest BCUT2D eigenvalue weighted by Gasteiger charge is 2.26. The van der Waals surface area contributed by atoms with E-state index in [-0.39, 0.29) is 0 Å². The summed E-state index contributed by atoms with van der Waals surface area (Å²) in [6.07, 6.45) is 1.57. The standard InChI is InChI=1S/C15H24N2O/c1-11-7-8-17(10-15(11)18-3)9-13-5-4-6-14(16)12(13)2/h4-6,11,15H,7-10,16H2,1-3H3. The number of benzene rings is 1. The molecule has 2 unspecified atom stereocenters. The number of ether oxygens (including phenoxy) is 1. The van der Waals surface area contributed by atoms with Crippen LogP contribution in [0.2, 0.25) is 0 Å². The van der Waals surface area contributed by atoms with Crippen LogP contribution in [-0.4, -0.2) is 31.2 Å². The fourth-order valence-electron chi connectivity index (χ4n) is 2.66. The number of hydrogen-bond acceptors (Lipinski definition) is 3. The van der Waals surface area contributed by atoms with Crippen LogP contribution in [0.3, 0.4) is 0 Å². The summed E-state index contributed by atoms with van der Waals surface area (Å²) in [7, 11) is 1.82. The summed E-state index contributed by atoms with van der Waals surface area (Å²) in [6, 6.07) is 6.18. The third-order valence-corrected chi connectivity index (χ3v) is 4.16. The second kappa shape index (κ2) is 5.72. The molecule has 0 bridgehead atoms. The van der Waals surface area contributed by atoms with E-state index in [9.17, 15) is 0 Å². The van der Waals surface area contributed by atoms with E-state index < -0.39 is 0 Å². The normalized spacial score (nSPS) is 25.3. The van der Waals surface area contributed by atoms with Crippen LogP contribution in [0.1, 0.15) is 24.5 Å². The molecule has 0 aliphatic carbocycles. The quantitative estimate of drug-likeness (QED) is 0.835. The molecule has 1 fully saturated rings. The molecule has 1 heterocycles. The third-order valence-electron chi connectivity index (χ3n) is 4.16. The van der Waals surface area contributed by atoms with E-state index in [1.807, 2.05) is 19.2 Å². The molecule has 1 aromatic carbocycles. The Kier molecular flexibility index (Phi) is 4.25. The van der Waals surface area contributed by atoms with Crippen LogP contribution in [0.4, 0.5) is 5.69 Å². The highest BCUT2D eigenvalue weighted by atomic mass is 16.5. The fraction of sp³-hybridized carbons (Fsp3) is 0.600. The molecule has 0 saturated carbocycles. The van der Waals surface area contributed by atoms with Gasteiger partial charge in [0.15, 0.2) is 0 Å². The summed E-state index contributed by atoms with van der Waals surface area (Å²) in [5, 5.41) is 0. The Hall–Kier alpha value is -1.06. The van der Waals surface area contributed by atoms with Gasteiger partial charge in [-0.1, -0.05) is 19.1 Å². The molecule has 0 spiro atoms. The topological polar surface area (TPSA) is 38.5 Å². The number of nitrogen functional groups attached to an aromatic ring is 1. The number of piperidine rings is 1. The number of rotatable bonds is 3. The first kappa shape index (κ1) is 13.4. The van der Waals surface area contributed by atoms with Gasteiger partial charge in [-0.05, 0) is 43.0 Å². The summed E-state index contributed by atoms with van der Waals surface area (Å²) in [4.78, 5) is 2.47. The van der Waals surface area contributed by atoms with E-state index in [2.05, 4.69) is 24.8 Å². The molecule has 1 aromatic rings. The van der Waals surface area contributed by atoms with E-state index in [0.717, 1.165) is 25.3 Å². The summed E-state index contributed by atoms with van der Waals surface area (Å²) >= 11 is 0. The SMILES string of the molecule is COC1CN(Cc2cccc(N)c2C)CCC1C. The summed E-state index contributed by atoms with van der Waals surface area (Å²) < 4.78 is 5.56. The average molecular weight is 248 g/mol. The first-order valence-corrected chi connectivity index (χ1v) is 6.71. The lowest BCUT2D eigenvalue weighted by molar-refractivity contribution is -0.00749. The van der Waals surface area contributed by atoms with Gasteiger partial charge in [-0.2, -0.15) is 0 Å². The maximum atomic E-state index is 5.96. The third kappa shape index (κ3) is 2.85. The van der Waals surface area contributed by atoms with Gasteiger partial charge in [0.1, 0.15) is 0 Å². The number of anilines is 1. The minimum atomic E-state index is 0.361. The Balaban J connectivity index is 2.03. The minimum Gasteiger partial charge on any atom is -0.399 e. The molecule has 1 aliphatic heterocycles. The van der Waals surface area contributed by atoms with E-state index in [4.69, 9.17) is 10.5 Å². The molecular formula is C15H24N2O. The molecule has 0 amide bonds. The zero-order valence-electron chi connectivity index (χ0n) is 11.6. The lowest BCUT2D eigenvalue weighted by Gasteiger charge is -2.36. The van der Waals surface area contributed by atoms with Gasteiger partial charge in [-0.3, -0.25) is 4.90 Å². The Morgan fingerprint density at radius 1 is 1.44 bits per heavy atom. The van der Waals surface area contributed by atoms with Crippen molar-refractivity contribution in [3.63, 3.8) is 0 Å². The molecule has 2 rings (SSSR count). The van der Waals surface area contributed by atoms with Crippen molar-refractivity contribution in [1.29, 1.82) is 0 Å². The van der Waals surface area contributed by atoms with Gasteiger partial charge in [-0.25, -0.2) is 0 Å². The molecule has 3 heteroatoms. The Morgan fingerprint density at radius 2 is 2.22 bits per heavy atom. The number of hydrogen-bond donors (Lipinski definition) is 1. The molecule has 1 aliphatic rings. The molecule has 3 nitrogen and oxygen atoms in total. The zero-order chi connectivity index (χ0) is 13.1. The van der Waals surface area contributed by atoms with Crippen molar-refractivity contribution < 1.29 is 4.74 Å².